The molecule has 0 bridgehead atoms. The largest absolute Gasteiger partial charge is 0.481 e. The number of aliphatic carboxylic acids is 1. The van der Waals surface area contributed by atoms with Crippen LogP contribution in [0.3, 0.4) is 0 Å². The lowest BCUT2D eigenvalue weighted by atomic mass is 9.76. The summed E-state index contributed by atoms with van der Waals surface area (Å²) in [6.45, 7) is 16.1. The van der Waals surface area contributed by atoms with Crippen molar-refractivity contribution in [2.45, 2.75) is 91.8 Å². The highest BCUT2D eigenvalue weighted by molar-refractivity contribution is 5.94. The first-order valence-corrected chi connectivity index (χ1v) is 14.3. The Balaban J connectivity index is 3.31. The second kappa shape index (κ2) is 15.0. The van der Waals surface area contributed by atoms with E-state index in [9.17, 15) is 24.0 Å². The fourth-order valence-corrected chi connectivity index (χ4v) is 4.42. The molecule has 4 amide bonds. The van der Waals surface area contributed by atoms with Gasteiger partial charge in [-0.05, 0) is 38.7 Å². The average Bonchev–Trinajstić information content (AvgIpc) is 2.88. The number of carbonyl (C=O) groups excluding carboxylic acids is 4. The van der Waals surface area contributed by atoms with Crippen molar-refractivity contribution in [3.8, 4) is 0 Å². The summed E-state index contributed by atoms with van der Waals surface area (Å²) in [6, 6.07) is 7.35. The van der Waals surface area contributed by atoms with Gasteiger partial charge in [-0.1, -0.05) is 71.0 Å². The van der Waals surface area contributed by atoms with Crippen molar-refractivity contribution in [1.29, 1.82) is 0 Å². The number of carbonyl (C=O) groups is 5. The molecule has 0 saturated heterocycles. The zero-order chi connectivity index (χ0) is 33.3. The first kappa shape index (κ1) is 37.1. The molecule has 0 aromatic heterocycles. The van der Waals surface area contributed by atoms with Crippen LogP contribution >= 0.6 is 0 Å². The monoisotopic (exact) mass is 602 g/mol. The van der Waals surface area contributed by atoms with Gasteiger partial charge in [-0.25, -0.2) is 4.79 Å². The first-order chi connectivity index (χ1) is 19.6. The number of carboxylic acids is 1. The molecular formula is C32H50N4O7. The maximum Gasteiger partial charge on any atom is 0.410 e. The SMILES string of the molecule is C/C(=C\CN(C)C(=O)C(NC(=O)[C@@H](N(C)C(=O)OC(C)(C)C)C(C)(C)c1ccccc1)C(C)(C)C)C(=O)NCCC(=O)O. The molecule has 11 nitrogen and oxygen atoms in total. The van der Waals surface area contributed by atoms with Crippen molar-refractivity contribution in [3.05, 3.63) is 47.5 Å². The number of carboxylic acid groups (broad SMARTS) is 1. The summed E-state index contributed by atoms with van der Waals surface area (Å²) >= 11 is 0. The quantitative estimate of drug-likeness (QED) is 0.309. The van der Waals surface area contributed by atoms with E-state index in [0.29, 0.717) is 5.57 Å². The van der Waals surface area contributed by atoms with Gasteiger partial charge in [-0.2, -0.15) is 0 Å². The molecule has 0 aliphatic rings. The predicted octanol–water partition coefficient (Wildman–Crippen LogP) is 3.73. The number of amides is 4. The maximum atomic E-state index is 14.1. The van der Waals surface area contributed by atoms with Crippen molar-refractivity contribution in [2.75, 3.05) is 27.2 Å². The molecule has 0 aliphatic carbocycles. The zero-order valence-electron chi connectivity index (χ0n) is 27.5. The van der Waals surface area contributed by atoms with Crippen LogP contribution in [0.2, 0.25) is 0 Å². The van der Waals surface area contributed by atoms with E-state index < -0.39 is 52.4 Å². The van der Waals surface area contributed by atoms with Gasteiger partial charge in [-0.3, -0.25) is 24.1 Å². The van der Waals surface area contributed by atoms with Crippen molar-refractivity contribution in [1.82, 2.24) is 20.4 Å². The van der Waals surface area contributed by atoms with Crippen LogP contribution in [0.1, 0.15) is 74.3 Å². The fraction of sp³-hybridized carbons (Fsp3) is 0.594. The molecule has 2 atom stereocenters. The van der Waals surface area contributed by atoms with Gasteiger partial charge < -0.3 is 25.4 Å². The molecular weight excluding hydrogens is 552 g/mol. The highest BCUT2D eigenvalue weighted by atomic mass is 16.6. The molecule has 0 aliphatic heterocycles. The van der Waals surface area contributed by atoms with Gasteiger partial charge in [0.2, 0.25) is 17.7 Å². The minimum Gasteiger partial charge on any atom is -0.481 e. The number of likely N-dealkylation sites (N-methyl/N-ethyl adjacent to an activating group) is 2. The summed E-state index contributed by atoms with van der Waals surface area (Å²) in [5.74, 6) is -2.35. The minimum atomic E-state index is -1.04. The van der Waals surface area contributed by atoms with Crippen LogP contribution in [0, 0.1) is 5.41 Å². The van der Waals surface area contributed by atoms with Crippen molar-refractivity contribution in [3.63, 3.8) is 0 Å². The summed E-state index contributed by atoms with van der Waals surface area (Å²) in [4.78, 5) is 66.6. The van der Waals surface area contributed by atoms with Gasteiger partial charge in [-0.15, -0.1) is 0 Å². The van der Waals surface area contributed by atoms with E-state index in [1.54, 1.807) is 40.8 Å². The Bertz CT molecular complexity index is 1180. The van der Waals surface area contributed by atoms with E-state index >= 15 is 0 Å². The molecule has 1 aromatic carbocycles. The maximum absolute atomic E-state index is 14.1. The summed E-state index contributed by atoms with van der Waals surface area (Å²) in [7, 11) is 3.08. The van der Waals surface area contributed by atoms with Crippen LogP contribution < -0.4 is 10.6 Å². The van der Waals surface area contributed by atoms with Crippen LogP contribution in [0.4, 0.5) is 4.79 Å². The second-order valence-electron chi connectivity index (χ2n) is 13.4. The highest BCUT2D eigenvalue weighted by Crippen LogP contribution is 2.32. The van der Waals surface area contributed by atoms with E-state index in [4.69, 9.17) is 9.84 Å². The molecule has 11 heteroatoms. The van der Waals surface area contributed by atoms with Crippen LogP contribution in [0.15, 0.2) is 42.0 Å². The number of ether oxygens (including phenoxy) is 1. The molecule has 1 aromatic rings. The van der Waals surface area contributed by atoms with Crippen molar-refractivity contribution < 1.29 is 33.8 Å². The van der Waals surface area contributed by atoms with E-state index in [1.165, 1.54) is 16.8 Å². The van der Waals surface area contributed by atoms with E-state index in [2.05, 4.69) is 10.6 Å². The molecule has 43 heavy (non-hydrogen) atoms. The van der Waals surface area contributed by atoms with Gasteiger partial charge >= 0.3 is 12.1 Å². The molecule has 0 radical (unpaired) electrons. The van der Waals surface area contributed by atoms with Gasteiger partial charge in [0.15, 0.2) is 0 Å². The highest BCUT2D eigenvalue weighted by Gasteiger charge is 2.45. The van der Waals surface area contributed by atoms with Gasteiger partial charge in [0.05, 0.1) is 6.42 Å². The third kappa shape index (κ3) is 11.4. The minimum absolute atomic E-state index is 0.00944. The third-order valence-electron chi connectivity index (χ3n) is 6.95. The average molecular weight is 603 g/mol. The van der Waals surface area contributed by atoms with Gasteiger partial charge in [0, 0.05) is 38.2 Å². The lowest BCUT2D eigenvalue weighted by Gasteiger charge is -2.42. The van der Waals surface area contributed by atoms with Gasteiger partial charge in [0.1, 0.15) is 17.7 Å². The fourth-order valence-electron chi connectivity index (χ4n) is 4.42. The zero-order valence-corrected chi connectivity index (χ0v) is 27.5. The van der Waals surface area contributed by atoms with Gasteiger partial charge in [0.25, 0.3) is 0 Å². The summed E-state index contributed by atoms with van der Waals surface area (Å²) < 4.78 is 5.59. The van der Waals surface area contributed by atoms with Crippen LogP contribution in [0.5, 0.6) is 0 Å². The Kier molecular flexibility index (Phi) is 13.0. The van der Waals surface area contributed by atoms with E-state index in [0.717, 1.165) is 5.56 Å². The number of nitrogens with one attached hydrogen (secondary N) is 2. The normalized spacial score (nSPS) is 13.8. The third-order valence-corrected chi connectivity index (χ3v) is 6.95. The van der Waals surface area contributed by atoms with E-state index in [1.807, 2.05) is 65.0 Å². The number of rotatable bonds is 12. The molecule has 1 unspecified atom stereocenters. The smallest absolute Gasteiger partial charge is 0.410 e. The second-order valence-corrected chi connectivity index (χ2v) is 13.4. The number of hydrogen-bond acceptors (Lipinski definition) is 6. The lowest BCUT2D eigenvalue weighted by molar-refractivity contribution is -0.140. The molecule has 3 N–H and O–H groups in total. The Morgan fingerprint density at radius 1 is 0.953 bits per heavy atom. The molecule has 240 valence electrons. The standard InChI is InChI=1S/C32H50N4O7/c1-21(26(39)33-19-17-23(37)38)18-20-35(10)28(41)24(30(2,3)4)34-27(40)25(36(11)29(42)43-31(5,6)7)32(8,9)22-15-13-12-14-16-22/h12-16,18,24-25H,17,19-20H2,1-11H3,(H,33,39)(H,34,40)(H,37,38)/b21-18+/t24?,25-/m1/s1. The Labute approximate surface area is 256 Å². The topological polar surface area (TPSA) is 145 Å². The van der Waals surface area contributed by atoms with Crippen molar-refractivity contribution >= 4 is 29.8 Å². The lowest BCUT2D eigenvalue weighted by Crippen LogP contribution is -2.62. The van der Waals surface area contributed by atoms with Crippen LogP contribution in [-0.4, -0.2) is 89.6 Å². The summed E-state index contributed by atoms with van der Waals surface area (Å²) in [5.41, 5.74) is -1.22. The Hall–Kier alpha value is -3.89. The molecule has 0 heterocycles. The summed E-state index contributed by atoms with van der Waals surface area (Å²) in [6.07, 6.45) is 0.692. The van der Waals surface area contributed by atoms with Crippen LogP contribution in [-0.2, 0) is 29.3 Å². The van der Waals surface area contributed by atoms with Crippen molar-refractivity contribution in [2.24, 2.45) is 5.41 Å². The molecule has 0 spiro atoms. The Morgan fingerprint density at radius 3 is 2.00 bits per heavy atom. The van der Waals surface area contributed by atoms with Crippen LogP contribution in [0.25, 0.3) is 0 Å². The number of nitrogens with zero attached hydrogens (tertiary/aromatic N) is 2. The molecule has 1 rings (SSSR count). The number of benzene rings is 1. The molecule has 0 saturated carbocycles. The molecule has 0 fully saturated rings. The Morgan fingerprint density at radius 2 is 1.51 bits per heavy atom. The number of hydrogen-bond donors (Lipinski definition) is 3. The summed E-state index contributed by atoms with van der Waals surface area (Å²) in [5, 5.41) is 14.2. The first-order valence-electron chi connectivity index (χ1n) is 14.3. The predicted molar refractivity (Wildman–Crippen MR) is 165 cm³/mol. The van der Waals surface area contributed by atoms with E-state index in [-0.39, 0.29) is 25.4 Å².